The van der Waals surface area contributed by atoms with Gasteiger partial charge in [0.2, 0.25) is 0 Å². The van der Waals surface area contributed by atoms with Crippen molar-refractivity contribution in [2.45, 2.75) is 13.3 Å². The highest BCUT2D eigenvalue weighted by Gasteiger charge is 2.19. The molecule has 14 heavy (non-hydrogen) atoms. The van der Waals surface area contributed by atoms with Crippen LogP contribution in [0.5, 0.6) is 0 Å². The number of fused-ring (bicyclic) bond motifs is 1. The fourth-order valence-corrected chi connectivity index (χ4v) is 1.60. The van der Waals surface area contributed by atoms with Crippen molar-refractivity contribution in [3.63, 3.8) is 0 Å². The molecule has 0 radical (unpaired) electrons. The van der Waals surface area contributed by atoms with E-state index in [1.54, 1.807) is 19.2 Å². The molecule has 1 aliphatic rings. The smallest absolute Gasteiger partial charge is 0.338 e. The molecule has 0 amide bonds. The molecule has 0 bridgehead atoms. The van der Waals surface area contributed by atoms with Gasteiger partial charge in [0.25, 0.3) is 0 Å². The number of nitrogens with one attached hydrogen (secondary N) is 1. The highest BCUT2D eigenvalue weighted by Crippen LogP contribution is 2.23. The van der Waals surface area contributed by atoms with Crippen LogP contribution in [0.4, 0.5) is 5.82 Å². The summed E-state index contributed by atoms with van der Waals surface area (Å²) in [4.78, 5) is 15.7. The van der Waals surface area contributed by atoms with Crippen molar-refractivity contribution in [2.24, 2.45) is 0 Å². The minimum atomic E-state index is -0.255. The van der Waals surface area contributed by atoms with Crippen molar-refractivity contribution in [1.29, 1.82) is 0 Å². The number of nitrogens with zero attached hydrogens (tertiary/aromatic N) is 1. The van der Waals surface area contributed by atoms with Crippen LogP contribution < -0.4 is 5.32 Å². The molecule has 2 rings (SSSR count). The monoisotopic (exact) mass is 192 g/mol. The molecule has 0 atom stereocenters. The van der Waals surface area contributed by atoms with E-state index in [0.29, 0.717) is 12.2 Å². The van der Waals surface area contributed by atoms with Crippen LogP contribution in [0.1, 0.15) is 22.8 Å². The Morgan fingerprint density at radius 2 is 2.57 bits per heavy atom. The van der Waals surface area contributed by atoms with Crippen molar-refractivity contribution < 1.29 is 9.53 Å². The zero-order chi connectivity index (χ0) is 9.97. The van der Waals surface area contributed by atoms with Gasteiger partial charge in [-0.05, 0) is 19.4 Å². The summed E-state index contributed by atoms with van der Waals surface area (Å²) in [5.74, 6) is 0.561. The maximum absolute atomic E-state index is 11.5. The number of pyridine rings is 1. The van der Waals surface area contributed by atoms with Crippen molar-refractivity contribution in [3.05, 3.63) is 23.4 Å². The standard InChI is InChI=1S/C10H12N2O2/c1-2-14-10(13)8-4-6-12-9-7(8)3-5-11-9/h4,6H,2-3,5H2,1H3,(H,11,12). The van der Waals surface area contributed by atoms with Crippen LogP contribution in [-0.2, 0) is 11.2 Å². The number of rotatable bonds is 2. The number of ether oxygens (including phenoxy) is 1. The molecule has 4 heteroatoms. The first-order valence-corrected chi connectivity index (χ1v) is 4.71. The lowest BCUT2D eigenvalue weighted by Crippen LogP contribution is -2.07. The van der Waals surface area contributed by atoms with Crippen LogP contribution in [-0.4, -0.2) is 24.1 Å². The molecule has 1 aliphatic heterocycles. The highest BCUT2D eigenvalue weighted by molar-refractivity contribution is 5.92. The predicted molar refractivity (Wildman–Crippen MR) is 52.4 cm³/mol. The maximum atomic E-state index is 11.5. The molecule has 0 spiro atoms. The molecule has 0 aliphatic carbocycles. The Balaban J connectivity index is 2.34. The number of esters is 1. The maximum Gasteiger partial charge on any atom is 0.338 e. The average molecular weight is 192 g/mol. The first-order chi connectivity index (χ1) is 6.83. The van der Waals surface area contributed by atoms with Crippen molar-refractivity contribution in [2.75, 3.05) is 18.5 Å². The van der Waals surface area contributed by atoms with Crippen LogP contribution in [0.25, 0.3) is 0 Å². The lowest BCUT2D eigenvalue weighted by molar-refractivity contribution is 0.0525. The number of carbonyl (C=O) groups excluding carboxylic acids is 1. The Morgan fingerprint density at radius 3 is 3.36 bits per heavy atom. The number of carbonyl (C=O) groups is 1. The topological polar surface area (TPSA) is 51.2 Å². The van der Waals surface area contributed by atoms with E-state index in [9.17, 15) is 4.79 Å². The van der Waals surface area contributed by atoms with Crippen molar-refractivity contribution in [1.82, 2.24) is 4.98 Å². The average Bonchev–Trinajstić information content (AvgIpc) is 2.65. The number of hydrogen-bond donors (Lipinski definition) is 1. The van der Waals surface area contributed by atoms with E-state index in [0.717, 1.165) is 24.3 Å². The summed E-state index contributed by atoms with van der Waals surface area (Å²) in [5.41, 5.74) is 1.62. The molecule has 0 saturated carbocycles. The minimum Gasteiger partial charge on any atom is -0.462 e. The van der Waals surface area contributed by atoms with Crippen LogP contribution >= 0.6 is 0 Å². The summed E-state index contributed by atoms with van der Waals surface area (Å²) in [6.45, 7) is 3.06. The van der Waals surface area contributed by atoms with Gasteiger partial charge in [-0.1, -0.05) is 0 Å². The number of anilines is 1. The van der Waals surface area contributed by atoms with Gasteiger partial charge in [0.1, 0.15) is 5.82 Å². The van der Waals surface area contributed by atoms with Gasteiger partial charge >= 0.3 is 5.97 Å². The fraction of sp³-hybridized carbons (Fsp3) is 0.400. The van der Waals surface area contributed by atoms with E-state index in [2.05, 4.69) is 10.3 Å². The van der Waals surface area contributed by atoms with E-state index in [4.69, 9.17) is 4.74 Å². The third-order valence-electron chi connectivity index (χ3n) is 2.22. The van der Waals surface area contributed by atoms with Gasteiger partial charge in [0.15, 0.2) is 0 Å². The summed E-state index contributed by atoms with van der Waals surface area (Å²) in [7, 11) is 0. The Hall–Kier alpha value is -1.58. The van der Waals surface area contributed by atoms with Gasteiger partial charge in [-0.15, -0.1) is 0 Å². The molecule has 74 valence electrons. The Bertz CT molecular complexity index is 363. The van der Waals surface area contributed by atoms with E-state index in [1.807, 2.05) is 0 Å². The SMILES string of the molecule is CCOC(=O)c1ccnc2c1CCN2. The fourth-order valence-electron chi connectivity index (χ4n) is 1.60. The summed E-state index contributed by atoms with van der Waals surface area (Å²) in [5, 5.41) is 3.12. The van der Waals surface area contributed by atoms with Gasteiger partial charge in [-0.3, -0.25) is 0 Å². The molecule has 0 saturated heterocycles. The largest absolute Gasteiger partial charge is 0.462 e. The summed E-state index contributed by atoms with van der Waals surface area (Å²) in [6.07, 6.45) is 2.47. The number of hydrogen-bond acceptors (Lipinski definition) is 4. The van der Waals surface area contributed by atoms with E-state index in [1.165, 1.54) is 0 Å². The first kappa shape index (κ1) is 8.99. The predicted octanol–water partition coefficient (Wildman–Crippen LogP) is 1.23. The van der Waals surface area contributed by atoms with Crippen molar-refractivity contribution >= 4 is 11.8 Å². The molecule has 0 aromatic carbocycles. The third kappa shape index (κ3) is 1.43. The van der Waals surface area contributed by atoms with Gasteiger partial charge in [0.05, 0.1) is 12.2 Å². The second-order valence-corrected chi connectivity index (χ2v) is 3.08. The Morgan fingerprint density at radius 1 is 1.71 bits per heavy atom. The molecular formula is C10H12N2O2. The lowest BCUT2D eigenvalue weighted by atomic mass is 10.1. The van der Waals surface area contributed by atoms with E-state index in [-0.39, 0.29) is 5.97 Å². The van der Waals surface area contributed by atoms with Crippen molar-refractivity contribution in [3.8, 4) is 0 Å². The van der Waals surface area contributed by atoms with Crippen LogP contribution in [0.15, 0.2) is 12.3 Å². The van der Waals surface area contributed by atoms with Gasteiger partial charge in [-0.2, -0.15) is 0 Å². The zero-order valence-corrected chi connectivity index (χ0v) is 8.04. The molecule has 2 heterocycles. The molecular weight excluding hydrogens is 180 g/mol. The second kappa shape index (κ2) is 3.65. The van der Waals surface area contributed by atoms with Crippen LogP contribution in [0.2, 0.25) is 0 Å². The van der Waals surface area contributed by atoms with E-state index < -0.39 is 0 Å². The molecule has 0 fully saturated rings. The second-order valence-electron chi connectivity index (χ2n) is 3.08. The van der Waals surface area contributed by atoms with E-state index >= 15 is 0 Å². The lowest BCUT2D eigenvalue weighted by Gasteiger charge is -2.05. The molecule has 4 nitrogen and oxygen atoms in total. The number of aromatic nitrogens is 1. The zero-order valence-electron chi connectivity index (χ0n) is 8.04. The first-order valence-electron chi connectivity index (χ1n) is 4.71. The van der Waals surface area contributed by atoms with Gasteiger partial charge in [0, 0.05) is 18.3 Å². The third-order valence-corrected chi connectivity index (χ3v) is 2.22. The molecule has 0 unspecified atom stereocenters. The Kier molecular flexibility index (Phi) is 2.35. The molecule has 1 aromatic heterocycles. The van der Waals surface area contributed by atoms with Gasteiger partial charge < -0.3 is 10.1 Å². The summed E-state index contributed by atoms with van der Waals surface area (Å²) in [6, 6.07) is 1.71. The van der Waals surface area contributed by atoms with Crippen LogP contribution in [0, 0.1) is 0 Å². The van der Waals surface area contributed by atoms with Gasteiger partial charge in [-0.25, -0.2) is 9.78 Å². The summed E-state index contributed by atoms with van der Waals surface area (Å²) < 4.78 is 4.96. The minimum absolute atomic E-state index is 0.255. The summed E-state index contributed by atoms with van der Waals surface area (Å²) >= 11 is 0. The highest BCUT2D eigenvalue weighted by atomic mass is 16.5. The normalized spacial score (nSPS) is 13.2. The molecule has 1 aromatic rings. The quantitative estimate of drug-likeness (QED) is 0.716. The Labute approximate surface area is 82.3 Å². The molecule has 1 N–H and O–H groups in total. The van der Waals surface area contributed by atoms with Crippen LogP contribution in [0.3, 0.4) is 0 Å².